The van der Waals surface area contributed by atoms with Gasteiger partial charge in [0.2, 0.25) is 0 Å². The Bertz CT molecular complexity index is 1900. The Morgan fingerprint density at radius 2 is 1.42 bits per heavy atom. The molecule has 0 bridgehead atoms. The molecular weight excluding hydrogens is 543 g/mol. The molecule has 0 saturated heterocycles. The zero-order chi connectivity index (χ0) is 31.1. The summed E-state index contributed by atoms with van der Waals surface area (Å²) in [6.07, 6.45) is -0.852. The second kappa shape index (κ2) is 9.70. The van der Waals surface area contributed by atoms with Crippen LogP contribution in [-0.4, -0.2) is 11.2 Å². The van der Waals surface area contributed by atoms with Gasteiger partial charge in [-0.05, 0) is 86.3 Å². The summed E-state index contributed by atoms with van der Waals surface area (Å²) in [7, 11) is 0. The third-order valence-electron chi connectivity index (χ3n) is 8.53. The van der Waals surface area contributed by atoms with Gasteiger partial charge >= 0.3 is 6.18 Å². The van der Waals surface area contributed by atoms with Crippen molar-refractivity contribution in [2.75, 3.05) is 0 Å². The average molecular weight is 584 g/mol. The molecule has 2 heterocycles. The number of pyridine rings is 1. The standard InChI is InChI=1S/C38H40F3NO/c1-35(2,3)19-22-12-13-25-24(16-22)17-29-33-32-27(14-15-42-33)26-11-9-10-23(20-37(7,8)38(39,40)41)28(26)18-31(32)43-34(29)30(25)21-36(4,5)6/h9-18H,19-21H2,1-8H3. The molecule has 43 heavy (non-hydrogen) atoms. The number of hydrogen-bond acceptors (Lipinski definition) is 2. The van der Waals surface area contributed by atoms with E-state index >= 15 is 0 Å². The van der Waals surface area contributed by atoms with Crippen molar-refractivity contribution >= 4 is 32.3 Å². The molecule has 1 aliphatic heterocycles. The molecule has 0 fully saturated rings. The maximum Gasteiger partial charge on any atom is 0.394 e. The van der Waals surface area contributed by atoms with Crippen molar-refractivity contribution in [3.05, 3.63) is 77.5 Å². The topological polar surface area (TPSA) is 22.1 Å². The van der Waals surface area contributed by atoms with Gasteiger partial charge in [-0.3, -0.25) is 4.98 Å². The van der Waals surface area contributed by atoms with Crippen LogP contribution in [0.25, 0.3) is 43.6 Å². The summed E-state index contributed by atoms with van der Waals surface area (Å²) in [5, 5.41) is 5.87. The minimum Gasteiger partial charge on any atom is -0.456 e. The third-order valence-corrected chi connectivity index (χ3v) is 8.53. The third kappa shape index (κ3) is 5.36. The predicted molar refractivity (Wildman–Crippen MR) is 172 cm³/mol. The Labute approximate surface area is 252 Å². The minimum atomic E-state index is -4.32. The normalized spacial score (nSPS) is 13.9. The monoisotopic (exact) mass is 583 g/mol. The molecule has 1 aromatic heterocycles. The molecule has 4 aromatic carbocycles. The minimum absolute atomic E-state index is 0.00502. The fraction of sp³-hybridized carbons (Fsp3) is 0.395. The highest BCUT2D eigenvalue weighted by molar-refractivity contribution is 6.17. The molecule has 224 valence electrons. The van der Waals surface area contributed by atoms with E-state index in [-0.39, 0.29) is 17.3 Å². The van der Waals surface area contributed by atoms with E-state index in [1.165, 1.54) is 24.8 Å². The summed E-state index contributed by atoms with van der Waals surface area (Å²) < 4.78 is 48.6. The fourth-order valence-corrected chi connectivity index (χ4v) is 6.52. The molecule has 0 atom stereocenters. The van der Waals surface area contributed by atoms with Crippen LogP contribution in [0.5, 0.6) is 11.5 Å². The first-order chi connectivity index (χ1) is 19.9. The first kappa shape index (κ1) is 29.5. The van der Waals surface area contributed by atoms with Crippen LogP contribution in [0.2, 0.25) is 0 Å². The number of benzene rings is 4. The number of alkyl halides is 3. The summed E-state index contributed by atoms with van der Waals surface area (Å²) in [4.78, 5) is 4.90. The molecule has 1 aliphatic rings. The van der Waals surface area contributed by atoms with E-state index < -0.39 is 11.6 Å². The number of rotatable bonds is 4. The number of halogens is 3. The second-order valence-corrected chi connectivity index (χ2v) is 15.4. The molecule has 5 aromatic rings. The molecule has 0 amide bonds. The van der Waals surface area contributed by atoms with Crippen molar-refractivity contribution in [3.63, 3.8) is 0 Å². The largest absolute Gasteiger partial charge is 0.456 e. The van der Waals surface area contributed by atoms with Gasteiger partial charge in [0.05, 0.1) is 16.5 Å². The molecule has 5 heteroatoms. The molecule has 0 saturated carbocycles. The van der Waals surface area contributed by atoms with E-state index in [9.17, 15) is 13.2 Å². The van der Waals surface area contributed by atoms with Crippen LogP contribution < -0.4 is 4.74 Å². The zero-order valence-corrected chi connectivity index (χ0v) is 26.4. The number of hydrogen-bond donors (Lipinski definition) is 0. The average Bonchev–Trinajstić information content (AvgIpc) is 2.87. The lowest BCUT2D eigenvalue weighted by molar-refractivity contribution is -0.210. The lowest BCUT2D eigenvalue weighted by Gasteiger charge is -2.29. The van der Waals surface area contributed by atoms with Crippen LogP contribution in [0.15, 0.2) is 60.8 Å². The van der Waals surface area contributed by atoms with Gasteiger partial charge in [-0.25, -0.2) is 0 Å². The van der Waals surface area contributed by atoms with Gasteiger partial charge in [0.15, 0.2) is 0 Å². The number of fused-ring (bicyclic) bond motifs is 5. The highest BCUT2D eigenvalue weighted by Gasteiger charge is 2.47. The van der Waals surface area contributed by atoms with E-state index in [4.69, 9.17) is 9.72 Å². The van der Waals surface area contributed by atoms with Gasteiger partial charge in [0.1, 0.15) is 11.5 Å². The summed E-state index contributed by atoms with van der Waals surface area (Å²) >= 11 is 0. The number of nitrogens with zero attached hydrogens (tertiary/aromatic N) is 1. The molecule has 0 unspecified atom stereocenters. The lowest BCUT2D eigenvalue weighted by atomic mass is 9.81. The van der Waals surface area contributed by atoms with Crippen LogP contribution in [-0.2, 0) is 19.3 Å². The SMILES string of the molecule is CC(C)(C)Cc1ccc2c(CC(C)(C)C)c3c(cc2c1)-c1nccc2c1c(cc1c(CC(C)(C)C(F)(F)F)cccc12)O3. The van der Waals surface area contributed by atoms with E-state index in [1.807, 2.05) is 30.5 Å². The first-order valence-electron chi connectivity index (χ1n) is 15.1. The summed E-state index contributed by atoms with van der Waals surface area (Å²) in [5.74, 6) is 1.44. The smallest absolute Gasteiger partial charge is 0.394 e. The van der Waals surface area contributed by atoms with Crippen LogP contribution >= 0.6 is 0 Å². The van der Waals surface area contributed by atoms with Gasteiger partial charge in [-0.1, -0.05) is 91.8 Å². The molecule has 0 N–H and O–H groups in total. The van der Waals surface area contributed by atoms with E-state index in [2.05, 4.69) is 65.8 Å². The van der Waals surface area contributed by atoms with E-state index in [0.29, 0.717) is 11.3 Å². The van der Waals surface area contributed by atoms with Crippen molar-refractivity contribution in [2.24, 2.45) is 16.2 Å². The summed E-state index contributed by atoms with van der Waals surface area (Å²) in [6.45, 7) is 16.0. The Balaban J connectivity index is 1.62. The molecule has 0 aliphatic carbocycles. The predicted octanol–water partition coefficient (Wildman–Crippen LogP) is 11.6. The number of aromatic nitrogens is 1. The number of ether oxygens (including phenoxy) is 1. The first-order valence-corrected chi connectivity index (χ1v) is 15.1. The van der Waals surface area contributed by atoms with Crippen molar-refractivity contribution in [1.29, 1.82) is 0 Å². The second-order valence-electron chi connectivity index (χ2n) is 15.4. The fourth-order valence-electron chi connectivity index (χ4n) is 6.52. The molecule has 6 rings (SSSR count). The van der Waals surface area contributed by atoms with Gasteiger partial charge in [0.25, 0.3) is 0 Å². The Morgan fingerprint density at radius 1 is 0.698 bits per heavy atom. The maximum absolute atomic E-state index is 13.9. The Morgan fingerprint density at radius 3 is 2.09 bits per heavy atom. The van der Waals surface area contributed by atoms with Crippen LogP contribution in [0, 0.1) is 16.2 Å². The maximum atomic E-state index is 13.9. The van der Waals surface area contributed by atoms with Crippen LogP contribution in [0.4, 0.5) is 13.2 Å². The molecule has 0 spiro atoms. The van der Waals surface area contributed by atoms with Crippen molar-refractivity contribution in [1.82, 2.24) is 4.98 Å². The zero-order valence-electron chi connectivity index (χ0n) is 26.4. The highest BCUT2D eigenvalue weighted by atomic mass is 19.4. The lowest BCUT2D eigenvalue weighted by Crippen LogP contribution is -2.34. The molecular formula is C38H40F3NO. The molecule has 0 radical (unpaired) electrons. The Hall–Kier alpha value is -3.60. The van der Waals surface area contributed by atoms with Gasteiger partial charge < -0.3 is 4.74 Å². The van der Waals surface area contributed by atoms with Crippen molar-refractivity contribution < 1.29 is 17.9 Å². The Kier molecular flexibility index (Phi) is 6.65. The van der Waals surface area contributed by atoms with Crippen LogP contribution in [0.3, 0.4) is 0 Å². The van der Waals surface area contributed by atoms with Gasteiger partial charge in [0, 0.05) is 17.3 Å². The summed E-state index contributed by atoms with van der Waals surface area (Å²) in [5.41, 5.74) is 3.21. The highest BCUT2D eigenvalue weighted by Crippen LogP contribution is 2.52. The van der Waals surface area contributed by atoms with E-state index in [0.717, 1.165) is 62.3 Å². The summed E-state index contributed by atoms with van der Waals surface area (Å²) in [6, 6.07) is 18.5. The van der Waals surface area contributed by atoms with E-state index in [1.54, 1.807) is 6.07 Å². The quantitative estimate of drug-likeness (QED) is 0.193. The van der Waals surface area contributed by atoms with Gasteiger partial charge in [-0.15, -0.1) is 0 Å². The van der Waals surface area contributed by atoms with Crippen molar-refractivity contribution in [3.8, 4) is 22.8 Å². The molecule has 2 nitrogen and oxygen atoms in total. The van der Waals surface area contributed by atoms with Crippen molar-refractivity contribution in [2.45, 2.75) is 80.8 Å². The van der Waals surface area contributed by atoms with Gasteiger partial charge in [-0.2, -0.15) is 13.2 Å². The van der Waals surface area contributed by atoms with Crippen LogP contribution in [0.1, 0.15) is 72.1 Å².